The van der Waals surface area contributed by atoms with Crippen LogP contribution in [0.3, 0.4) is 0 Å². The van der Waals surface area contributed by atoms with E-state index in [1.54, 1.807) is 13.0 Å². The summed E-state index contributed by atoms with van der Waals surface area (Å²) < 4.78 is 10.0. The third-order valence-electron chi connectivity index (χ3n) is 3.30. The van der Waals surface area contributed by atoms with Gasteiger partial charge in [0.05, 0.1) is 5.92 Å². The number of carbonyl (C=O) groups is 2. The number of hydrogen-bond donors (Lipinski definition) is 1. The predicted molar refractivity (Wildman–Crippen MR) is 64.7 cm³/mol. The minimum Gasteiger partial charge on any atom is -0.481 e. The number of carboxylic acids is 1. The van der Waals surface area contributed by atoms with Crippen molar-refractivity contribution in [1.29, 1.82) is 0 Å². The van der Waals surface area contributed by atoms with Crippen LogP contribution in [0.1, 0.15) is 27.7 Å². The first-order valence-corrected chi connectivity index (χ1v) is 6.04. The molecule has 0 saturated heterocycles. The topological polar surface area (TPSA) is 72.8 Å². The Hall–Kier alpha value is -1.36. The van der Waals surface area contributed by atoms with E-state index in [4.69, 9.17) is 14.6 Å². The monoisotopic (exact) mass is 256 g/mol. The van der Waals surface area contributed by atoms with Gasteiger partial charge in [-0.1, -0.05) is 19.9 Å². The molecule has 1 fully saturated rings. The van der Waals surface area contributed by atoms with Crippen LogP contribution in [0.2, 0.25) is 0 Å². The number of ether oxygens (including phenoxy) is 2. The van der Waals surface area contributed by atoms with Gasteiger partial charge in [0, 0.05) is 12.7 Å². The largest absolute Gasteiger partial charge is 0.481 e. The second kappa shape index (κ2) is 5.52. The molecule has 0 aromatic heterocycles. The first-order valence-electron chi connectivity index (χ1n) is 6.04. The summed E-state index contributed by atoms with van der Waals surface area (Å²) in [7, 11) is 0. The molecule has 0 amide bonds. The third kappa shape index (κ3) is 3.32. The lowest BCUT2D eigenvalue weighted by Gasteiger charge is -2.10. The predicted octanol–water partition coefficient (Wildman–Crippen LogP) is 1.83. The van der Waals surface area contributed by atoms with E-state index in [0.29, 0.717) is 6.61 Å². The van der Waals surface area contributed by atoms with E-state index in [0.717, 1.165) is 0 Å². The highest BCUT2D eigenvalue weighted by molar-refractivity contribution is 5.83. The second-order valence-corrected chi connectivity index (χ2v) is 4.98. The van der Waals surface area contributed by atoms with Crippen LogP contribution >= 0.6 is 0 Å². The molecular formula is C13H20O5. The van der Waals surface area contributed by atoms with Gasteiger partial charge >= 0.3 is 11.9 Å². The van der Waals surface area contributed by atoms with Crippen LogP contribution in [0.15, 0.2) is 12.2 Å². The first-order chi connectivity index (χ1) is 8.30. The first kappa shape index (κ1) is 14.7. The zero-order valence-corrected chi connectivity index (χ0v) is 11.2. The van der Waals surface area contributed by atoms with Crippen LogP contribution in [-0.4, -0.2) is 29.9 Å². The maximum Gasteiger partial charge on any atom is 0.332 e. The number of allylic oxidation sites excluding steroid dienone is 1. The summed E-state index contributed by atoms with van der Waals surface area (Å²) in [5, 5.41) is 8.97. The summed E-state index contributed by atoms with van der Waals surface area (Å²) in [5.41, 5.74) is -0.297. The van der Waals surface area contributed by atoms with Crippen LogP contribution < -0.4 is 0 Å². The third-order valence-corrected chi connectivity index (χ3v) is 3.30. The van der Waals surface area contributed by atoms with Crippen molar-refractivity contribution in [3.8, 4) is 0 Å². The van der Waals surface area contributed by atoms with Gasteiger partial charge in [-0.05, 0) is 25.2 Å². The average Bonchev–Trinajstić information content (AvgIpc) is 2.78. The fraction of sp³-hybridized carbons (Fsp3) is 0.692. The van der Waals surface area contributed by atoms with Crippen molar-refractivity contribution >= 4 is 11.9 Å². The van der Waals surface area contributed by atoms with Crippen LogP contribution in [0.4, 0.5) is 0 Å². The molecule has 1 aliphatic carbocycles. The van der Waals surface area contributed by atoms with Crippen LogP contribution in [-0.2, 0) is 19.1 Å². The average molecular weight is 256 g/mol. The number of rotatable bonds is 6. The molecule has 1 aliphatic rings. The van der Waals surface area contributed by atoms with Crippen LogP contribution in [0, 0.1) is 17.3 Å². The van der Waals surface area contributed by atoms with Crippen LogP contribution in [0.25, 0.3) is 0 Å². The Balaban J connectivity index is 2.46. The van der Waals surface area contributed by atoms with Gasteiger partial charge in [-0.25, -0.2) is 4.79 Å². The Morgan fingerprint density at radius 1 is 1.44 bits per heavy atom. The van der Waals surface area contributed by atoms with Crippen molar-refractivity contribution in [3.63, 3.8) is 0 Å². The van der Waals surface area contributed by atoms with Gasteiger partial charge in [0.2, 0.25) is 0 Å². The Morgan fingerprint density at radius 2 is 2.06 bits per heavy atom. The van der Waals surface area contributed by atoms with Crippen molar-refractivity contribution in [1.82, 2.24) is 0 Å². The second-order valence-electron chi connectivity index (χ2n) is 4.98. The summed E-state index contributed by atoms with van der Waals surface area (Å²) in [6.45, 7) is 7.65. The van der Waals surface area contributed by atoms with E-state index in [2.05, 4.69) is 0 Å². The molecule has 0 aromatic carbocycles. The summed E-state index contributed by atoms with van der Waals surface area (Å²) >= 11 is 0. The van der Waals surface area contributed by atoms with E-state index in [9.17, 15) is 9.59 Å². The molecule has 0 aliphatic heterocycles. The molecule has 3 unspecified atom stereocenters. The van der Waals surface area contributed by atoms with E-state index in [1.165, 1.54) is 6.08 Å². The lowest BCUT2D eigenvalue weighted by molar-refractivity contribution is -0.167. The maximum absolute atomic E-state index is 11.4. The fourth-order valence-electron chi connectivity index (χ4n) is 2.16. The normalized spacial score (nSPS) is 26.9. The molecule has 0 spiro atoms. The van der Waals surface area contributed by atoms with E-state index in [1.807, 2.05) is 20.8 Å². The van der Waals surface area contributed by atoms with Crippen molar-refractivity contribution < 1.29 is 24.2 Å². The molecule has 0 radical (unpaired) electrons. The minimum atomic E-state index is -0.828. The molecule has 5 heteroatoms. The number of carbonyl (C=O) groups excluding carboxylic acids is 1. The lowest BCUT2D eigenvalue weighted by atomic mass is 10.1. The summed E-state index contributed by atoms with van der Waals surface area (Å²) in [4.78, 5) is 22.3. The number of hydrogen-bond acceptors (Lipinski definition) is 4. The number of aliphatic carboxylic acids is 1. The fourth-order valence-corrected chi connectivity index (χ4v) is 2.16. The van der Waals surface area contributed by atoms with Crippen molar-refractivity contribution in [2.24, 2.45) is 17.3 Å². The molecule has 102 valence electrons. The number of carboxylic acid groups (broad SMARTS) is 1. The summed E-state index contributed by atoms with van der Waals surface area (Å²) in [5.74, 6) is -1.88. The highest BCUT2D eigenvalue weighted by atomic mass is 16.7. The zero-order chi connectivity index (χ0) is 13.9. The summed E-state index contributed by atoms with van der Waals surface area (Å²) in [6.07, 6.45) is 2.31. The molecule has 1 rings (SSSR count). The summed E-state index contributed by atoms with van der Waals surface area (Å²) in [6, 6.07) is 0. The molecule has 3 atom stereocenters. The van der Waals surface area contributed by atoms with Crippen molar-refractivity contribution in [3.05, 3.63) is 12.2 Å². The van der Waals surface area contributed by atoms with Crippen molar-refractivity contribution in [2.75, 3.05) is 6.61 Å². The molecule has 1 saturated carbocycles. The Labute approximate surface area is 107 Å². The minimum absolute atomic E-state index is 0.120. The van der Waals surface area contributed by atoms with Gasteiger partial charge in [-0.3, -0.25) is 4.79 Å². The zero-order valence-electron chi connectivity index (χ0n) is 11.2. The molecule has 18 heavy (non-hydrogen) atoms. The molecule has 5 nitrogen and oxygen atoms in total. The van der Waals surface area contributed by atoms with E-state index < -0.39 is 24.1 Å². The highest BCUT2D eigenvalue weighted by Crippen LogP contribution is 2.58. The van der Waals surface area contributed by atoms with E-state index in [-0.39, 0.29) is 11.3 Å². The molecule has 0 aromatic rings. The van der Waals surface area contributed by atoms with Gasteiger partial charge < -0.3 is 14.6 Å². The maximum atomic E-state index is 11.4. The quantitative estimate of drug-likeness (QED) is 0.446. The standard InChI is InChI=1S/C13H20O5/c1-5-17-8(2)18-10(14)7-6-9-11(12(15)16)13(9,3)4/h6-9,11H,5H2,1-4H3,(H,15,16). The van der Waals surface area contributed by atoms with E-state index >= 15 is 0 Å². The molecule has 1 N–H and O–H groups in total. The molecular weight excluding hydrogens is 236 g/mol. The molecule has 0 heterocycles. The van der Waals surface area contributed by atoms with Crippen molar-refractivity contribution in [2.45, 2.75) is 34.0 Å². The van der Waals surface area contributed by atoms with Gasteiger partial charge in [0.1, 0.15) is 0 Å². The van der Waals surface area contributed by atoms with Crippen LogP contribution in [0.5, 0.6) is 0 Å². The lowest BCUT2D eigenvalue weighted by Crippen LogP contribution is -2.16. The highest BCUT2D eigenvalue weighted by Gasteiger charge is 2.60. The SMILES string of the molecule is CCOC(C)OC(=O)C=CC1C(C(=O)O)C1(C)C. The Kier molecular flexibility index (Phi) is 4.51. The van der Waals surface area contributed by atoms with Gasteiger partial charge in [-0.15, -0.1) is 0 Å². The Morgan fingerprint density at radius 3 is 2.50 bits per heavy atom. The van der Waals surface area contributed by atoms with Gasteiger partial charge in [0.25, 0.3) is 0 Å². The Bertz CT molecular complexity index is 358. The number of esters is 1. The molecule has 0 bridgehead atoms. The smallest absolute Gasteiger partial charge is 0.332 e. The van der Waals surface area contributed by atoms with Gasteiger partial charge in [0.15, 0.2) is 6.29 Å². The van der Waals surface area contributed by atoms with Gasteiger partial charge in [-0.2, -0.15) is 0 Å².